The van der Waals surface area contributed by atoms with Gasteiger partial charge in [-0.05, 0) is 18.6 Å². The number of alkyl halides is 2. The molecule has 1 N–H and O–H groups in total. The van der Waals surface area contributed by atoms with Crippen molar-refractivity contribution >= 4 is 12.2 Å². The summed E-state index contributed by atoms with van der Waals surface area (Å²) in [5, 5.41) is 6.51. The number of unbranched alkanes of at least 4 members (excludes halogenated alkanes) is 2. The lowest BCUT2D eigenvalue weighted by Gasteiger charge is -2.05. The first kappa shape index (κ1) is 12.3. The van der Waals surface area contributed by atoms with Crippen molar-refractivity contribution in [3.05, 3.63) is 10.6 Å². The fourth-order valence-corrected chi connectivity index (χ4v) is 1.63. The summed E-state index contributed by atoms with van der Waals surface area (Å²) in [6.45, 7) is 1.73. The van der Waals surface area contributed by atoms with Crippen molar-refractivity contribution in [3.8, 4) is 0 Å². The molecular formula is C9H15F2N3S. The SMILES string of the molecule is CCCCCc1n[nH]c(=S)n1CC(F)F. The summed E-state index contributed by atoms with van der Waals surface area (Å²) in [7, 11) is 0. The van der Waals surface area contributed by atoms with E-state index in [1.165, 1.54) is 4.57 Å². The van der Waals surface area contributed by atoms with E-state index in [0.29, 0.717) is 12.2 Å². The Morgan fingerprint density at radius 1 is 1.47 bits per heavy atom. The molecule has 1 heterocycles. The largest absolute Gasteiger partial charge is 0.298 e. The van der Waals surface area contributed by atoms with Gasteiger partial charge >= 0.3 is 0 Å². The molecule has 0 bridgehead atoms. The number of aromatic amines is 1. The van der Waals surface area contributed by atoms with Crippen LogP contribution < -0.4 is 0 Å². The number of nitrogens with zero attached hydrogens (tertiary/aromatic N) is 2. The average molecular weight is 235 g/mol. The van der Waals surface area contributed by atoms with Crippen LogP contribution >= 0.6 is 12.2 Å². The fraction of sp³-hybridized carbons (Fsp3) is 0.778. The minimum absolute atomic E-state index is 0.279. The molecule has 0 aliphatic rings. The van der Waals surface area contributed by atoms with Crippen molar-refractivity contribution in [1.82, 2.24) is 14.8 Å². The van der Waals surface area contributed by atoms with E-state index in [1.54, 1.807) is 0 Å². The molecule has 1 aromatic heterocycles. The highest BCUT2D eigenvalue weighted by Crippen LogP contribution is 2.07. The molecule has 6 heteroatoms. The van der Waals surface area contributed by atoms with Gasteiger partial charge in [0.2, 0.25) is 0 Å². The fourth-order valence-electron chi connectivity index (χ4n) is 1.40. The Hall–Kier alpha value is -0.780. The number of nitrogens with one attached hydrogen (secondary N) is 1. The zero-order valence-corrected chi connectivity index (χ0v) is 9.49. The Kier molecular flexibility index (Phi) is 4.87. The minimum Gasteiger partial charge on any atom is -0.298 e. The first-order valence-corrected chi connectivity index (χ1v) is 5.48. The molecule has 0 amide bonds. The topological polar surface area (TPSA) is 33.6 Å². The lowest BCUT2D eigenvalue weighted by molar-refractivity contribution is 0.124. The molecule has 15 heavy (non-hydrogen) atoms. The molecule has 0 aliphatic heterocycles. The molecule has 3 nitrogen and oxygen atoms in total. The van der Waals surface area contributed by atoms with Crippen molar-refractivity contribution in [2.75, 3.05) is 0 Å². The maximum atomic E-state index is 12.2. The summed E-state index contributed by atoms with van der Waals surface area (Å²) in [5.41, 5.74) is 0. The third-order valence-electron chi connectivity index (χ3n) is 2.16. The molecule has 0 radical (unpaired) electrons. The maximum absolute atomic E-state index is 12.2. The first-order valence-electron chi connectivity index (χ1n) is 5.07. The smallest absolute Gasteiger partial charge is 0.256 e. The summed E-state index contributed by atoms with van der Waals surface area (Å²) in [6.07, 6.45) is 1.45. The molecule has 1 rings (SSSR count). The van der Waals surface area contributed by atoms with E-state index in [4.69, 9.17) is 12.2 Å². The zero-order valence-electron chi connectivity index (χ0n) is 8.67. The Balaban J connectivity index is 2.66. The Morgan fingerprint density at radius 3 is 2.80 bits per heavy atom. The van der Waals surface area contributed by atoms with E-state index in [2.05, 4.69) is 17.1 Å². The number of hydrogen-bond donors (Lipinski definition) is 1. The zero-order chi connectivity index (χ0) is 11.3. The van der Waals surface area contributed by atoms with Crippen LogP contribution in [0, 0.1) is 4.77 Å². The van der Waals surface area contributed by atoms with Crippen LogP contribution in [-0.2, 0) is 13.0 Å². The number of hydrogen-bond acceptors (Lipinski definition) is 2. The van der Waals surface area contributed by atoms with Crippen LogP contribution in [0.3, 0.4) is 0 Å². The van der Waals surface area contributed by atoms with E-state index in [9.17, 15) is 8.78 Å². The Morgan fingerprint density at radius 2 is 2.20 bits per heavy atom. The van der Waals surface area contributed by atoms with Gasteiger partial charge in [0.1, 0.15) is 5.82 Å². The van der Waals surface area contributed by atoms with Gasteiger partial charge in [0.05, 0.1) is 6.54 Å². The van der Waals surface area contributed by atoms with Crippen LogP contribution in [0.2, 0.25) is 0 Å². The second-order valence-electron chi connectivity index (χ2n) is 3.40. The predicted molar refractivity (Wildman–Crippen MR) is 56.6 cm³/mol. The van der Waals surface area contributed by atoms with Crippen LogP contribution in [-0.4, -0.2) is 21.2 Å². The molecule has 0 saturated heterocycles. The number of halogens is 2. The number of rotatable bonds is 6. The predicted octanol–water partition coefficient (Wildman–Crippen LogP) is 2.94. The third-order valence-corrected chi connectivity index (χ3v) is 2.47. The van der Waals surface area contributed by atoms with Crippen molar-refractivity contribution in [2.24, 2.45) is 0 Å². The third kappa shape index (κ3) is 3.70. The van der Waals surface area contributed by atoms with Gasteiger partial charge in [-0.3, -0.25) is 9.67 Å². The summed E-state index contributed by atoms with van der Waals surface area (Å²) in [4.78, 5) is 0. The van der Waals surface area contributed by atoms with Crippen molar-refractivity contribution < 1.29 is 8.78 Å². The van der Waals surface area contributed by atoms with Crippen LogP contribution in [0.4, 0.5) is 8.78 Å². The Bertz CT molecular complexity index is 345. The summed E-state index contributed by atoms with van der Waals surface area (Å²) in [5.74, 6) is 0.633. The van der Waals surface area contributed by atoms with Crippen LogP contribution in [0.25, 0.3) is 0 Å². The van der Waals surface area contributed by atoms with Crippen LogP contribution in [0.5, 0.6) is 0 Å². The summed E-state index contributed by atoms with van der Waals surface area (Å²) in [6, 6.07) is 0. The second-order valence-corrected chi connectivity index (χ2v) is 3.79. The number of aryl methyl sites for hydroxylation is 1. The highest BCUT2D eigenvalue weighted by atomic mass is 32.1. The number of H-pyrrole nitrogens is 1. The Labute approximate surface area is 92.5 Å². The molecule has 0 unspecified atom stereocenters. The molecule has 0 saturated carbocycles. The minimum atomic E-state index is -2.39. The highest BCUT2D eigenvalue weighted by molar-refractivity contribution is 7.71. The lowest BCUT2D eigenvalue weighted by Crippen LogP contribution is -2.10. The van der Waals surface area contributed by atoms with Crippen LogP contribution in [0.15, 0.2) is 0 Å². The molecule has 0 aliphatic carbocycles. The maximum Gasteiger partial charge on any atom is 0.256 e. The van der Waals surface area contributed by atoms with E-state index in [1.807, 2.05) is 0 Å². The molecule has 0 aromatic carbocycles. The number of aromatic nitrogens is 3. The molecule has 0 spiro atoms. The van der Waals surface area contributed by atoms with Crippen molar-refractivity contribution in [1.29, 1.82) is 0 Å². The monoisotopic (exact) mass is 235 g/mol. The summed E-state index contributed by atoms with van der Waals surface area (Å²) >= 11 is 4.88. The van der Waals surface area contributed by atoms with E-state index in [0.717, 1.165) is 19.3 Å². The molecule has 86 valence electrons. The quantitative estimate of drug-likeness (QED) is 0.607. The van der Waals surface area contributed by atoms with Crippen molar-refractivity contribution in [3.63, 3.8) is 0 Å². The first-order chi connectivity index (χ1) is 7.15. The van der Waals surface area contributed by atoms with Gasteiger partial charge in [0.25, 0.3) is 6.43 Å². The van der Waals surface area contributed by atoms with Crippen molar-refractivity contribution in [2.45, 2.75) is 45.6 Å². The molecular weight excluding hydrogens is 220 g/mol. The van der Waals surface area contributed by atoms with Gasteiger partial charge in [-0.15, -0.1) is 0 Å². The van der Waals surface area contributed by atoms with Gasteiger partial charge in [-0.2, -0.15) is 5.10 Å². The van der Waals surface area contributed by atoms with Gasteiger partial charge in [0.15, 0.2) is 4.77 Å². The standard InChI is InChI=1S/C9H15F2N3S/c1-2-3-4-5-8-12-13-9(15)14(8)6-7(10)11/h7H,2-6H2,1H3,(H,13,15). The molecule has 1 aromatic rings. The van der Waals surface area contributed by atoms with Gasteiger partial charge in [0, 0.05) is 6.42 Å². The summed E-state index contributed by atoms with van der Waals surface area (Å²) < 4.78 is 26.1. The van der Waals surface area contributed by atoms with Gasteiger partial charge in [-0.25, -0.2) is 8.78 Å². The van der Waals surface area contributed by atoms with E-state index in [-0.39, 0.29) is 11.3 Å². The van der Waals surface area contributed by atoms with E-state index >= 15 is 0 Å². The van der Waals surface area contributed by atoms with Gasteiger partial charge in [-0.1, -0.05) is 19.8 Å². The van der Waals surface area contributed by atoms with Crippen LogP contribution in [0.1, 0.15) is 32.0 Å². The van der Waals surface area contributed by atoms with Gasteiger partial charge < -0.3 is 0 Å². The average Bonchev–Trinajstić information content (AvgIpc) is 2.49. The second kappa shape index (κ2) is 5.95. The van der Waals surface area contributed by atoms with E-state index < -0.39 is 6.43 Å². The lowest BCUT2D eigenvalue weighted by atomic mass is 10.2. The molecule has 0 fully saturated rings. The normalized spacial score (nSPS) is 11.2. The highest BCUT2D eigenvalue weighted by Gasteiger charge is 2.10. The molecule has 0 atom stereocenters.